The lowest BCUT2D eigenvalue weighted by Crippen LogP contribution is -2.28. The van der Waals surface area contributed by atoms with Crippen molar-refractivity contribution >= 4 is 22.4 Å². The summed E-state index contributed by atoms with van der Waals surface area (Å²) in [5, 5.41) is 15.8. The number of carbonyl (C=O) groups excluding carboxylic acids is 1. The van der Waals surface area contributed by atoms with Crippen LogP contribution in [-0.2, 0) is 11.3 Å². The van der Waals surface area contributed by atoms with Crippen molar-refractivity contribution in [1.82, 2.24) is 5.32 Å². The minimum atomic E-state index is -0.544. The van der Waals surface area contributed by atoms with E-state index in [9.17, 15) is 14.9 Å². The molecule has 0 heterocycles. The van der Waals surface area contributed by atoms with Crippen LogP contribution in [0.1, 0.15) is 5.56 Å². The van der Waals surface area contributed by atoms with Crippen molar-refractivity contribution in [3.8, 4) is 11.5 Å². The van der Waals surface area contributed by atoms with Gasteiger partial charge in [0, 0.05) is 12.6 Å². The summed E-state index contributed by atoms with van der Waals surface area (Å²) in [6, 6.07) is 17.6. The topological polar surface area (TPSA) is 90.7 Å². The second-order valence-corrected chi connectivity index (χ2v) is 5.84. The summed E-state index contributed by atoms with van der Waals surface area (Å²) in [4.78, 5) is 22.4. The van der Waals surface area contributed by atoms with Gasteiger partial charge in [-0.05, 0) is 40.6 Å². The fourth-order valence-electron chi connectivity index (χ4n) is 2.64. The third-order valence-corrected chi connectivity index (χ3v) is 4.02. The van der Waals surface area contributed by atoms with E-state index in [-0.39, 0.29) is 24.0 Å². The number of fused-ring (bicyclic) bond motifs is 1. The number of ether oxygens (including phenoxy) is 2. The molecule has 0 aromatic heterocycles. The first-order chi connectivity index (χ1) is 13.1. The van der Waals surface area contributed by atoms with E-state index in [4.69, 9.17) is 9.47 Å². The lowest BCUT2D eigenvalue weighted by atomic mass is 10.1. The zero-order chi connectivity index (χ0) is 19.2. The van der Waals surface area contributed by atoms with Crippen LogP contribution in [-0.4, -0.2) is 24.5 Å². The number of hydrogen-bond acceptors (Lipinski definition) is 5. The van der Waals surface area contributed by atoms with Crippen LogP contribution < -0.4 is 14.8 Å². The normalized spacial score (nSPS) is 10.4. The molecular formula is C20H18N2O5. The molecule has 7 heteroatoms. The lowest BCUT2D eigenvalue weighted by Gasteiger charge is -2.09. The number of methoxy groups -OCH3 is 1. The molecule has 3 aromatic rings. The summed E-state index contributed by atoms with van der Waals surface area (Å²) >= 11 is 0. The number of nitrogens with one attached hydrogen (secondary N) is 1. The molecule has 0 atom stereocenters. The number of carbonyl (C=O) groups is 1. The smallest absolute Gasteiger partial charge is 0.310 e. The van der Waals surface area contributed by atoms with Gasteiger partial charge in [0.05, 0.1) is 12.0 Å². The third kappa shape index (κ3) is 4.52. The lowest BCUT2D eigenvalue weighted by molar-refractivity contribution is -0.385. The van der Waals surface area contributed by atoms with Gasteiger partial charge in [0.2, 0.25) is 0 Å². The molecule has 0 fully saturated rings. The number of para-hydroxylation sites is 2. The highest BCUT2D eigenvalue weighted by Gasteiger charge is 2.14. The fraction of sp³-hybridized carbons (Fsp3) is 0.150. The van der Waals surface area contributed by atoms with Crippen LogP contribution in [0.15, 0.2) is 60.7 Å². The summed E-state index contributed by atoms with van der Waals surface area (Å²) < 4.78 is 10.5. The quantitative estimate of drug-likeness (QED) is 0.511. The van der Waals surface area contributed by atoms with Gasteiger partial charge in [-0.15, -0.1) is 0 Å². The Morgan fingerprint density at radius 1 is 1.07 bits per heavy atom. The van der Waals surface area contributed by atoms with E-state index in [2.05, 4.69) is 5.32 Å². The molecule has 0 radical (unpaired) electrons. The predicted octanol–water partition coefficient (Wildman–Crippen LogP) is 3.45. The van der Waals surface area contributed by atoms with Crippen molar-refractivity contribution in [1.29, 1.82) is 0 Å². The molecule has 0 bridgehead atoms. The SMILES string of the molecule is COc1ccc2cc(CNC(=O)COc3ccccc3[N+](=O)[O-])ccc2c1. The van der Waals surface area contributed by atoms with E-state index < -0.39 is 4.92 Å². The molecule has 7 nitrogen and oxygen atoms in total. The molecule has 3 aromatic carbocycles. The molecule has 138 valence electrons. The van der Waals surface area contributed by atoms with Crippen LogP contribution >= 0.6 is 0 Å². The maximum absolute atomic E-state index is 12.0. The third-order valence-electron chi connectivity index (χ3n) is 4.02. The monoisotopic (exact) mass is 366 g/mol. The van der Waals surface area contributed by atoms with Crippen LogP contribution in [0, 0.1) is 10.1 Å². The van der Waals surface area contributed by atoms with Crippen molar-refractivity contribution in [2.45, 2.75) is 6.54 Å². The highest BCUT2D eigenvalue weighted by Crippen LogP contribution is 2.25. The van der Waals surface area contributed by atoms with E-state index in [1.165, 1.54) is 12.1 Å². The number of nitro benzene ring substituents is 1. The number of nitro groups is 1. The maximum Gasteiger partial charge on any atom is 0.310 e. The first-order valence-electron chi connectivity index (χ1n) is 8.26. The number of benzene rings is 3. The molecule has 0 unspecified atom stereocenters. The van der Waals surface area contributed by atoms with E-state index in [0.717, 1.165) is 22.1 Å². The average molecular weight is 366 g/mol. The summed E-state index contributed by atoms with van der Waals surface area (Å²) in [7, 11) is 1.62. The van der Waals surface area contributed by atoms with Crippen molar-refractivity contribution in [3.63, 3.8) is 0 Å². The van der Waals surface area contributed by atoms with Gasteiger partial charge >= 0.3 is 5.69 Å². The van der Waals surface area contributed by atoms with Crippen molar-refractivity contribution in [2.24, 2.45) is 0 Å². The van der Waals surface area contributed by atoms with Gasteiger partial charge in [0.25, 0.3) is 5.91 Å². The summed E-state index contributed by atoms with van der Waals surface area (Å²) in [6.07, 6.45) is 0. The van der Waals surface area contributed by atoms with Gasteiger partial charge in [-0.25, -0.2) is 0 Å². The van der Waals surface area contributed by atoms with Crippen LogP contribution in [0.3, 0.4) is 0 Å². The molecule has 0 saturated heterocycles. The Bertz CT molecular complexity index is 987. The Balaban J connectivity index is 1.58. The molecule has 0 aliphatic carbocycles. The minimum Gasteiger partial charge on any atom is -0.497 e. The molecule has 1 amide bonds. The summed E-state index contributed by atoms with van der Waals surface area (Å²) in [6.45, 7) is 0.0384. The number of nitrogens with zero attached hydrogens (tertiary/aromatic N) is 1. The molecule has 1 N–H and O–H groups in total. The Hall–Kier alpha value is -3.61. The van der Waals surface area contributed by atoms with Crippen molar-refractivity contribution < 1.29 is 19.2 Å². The fourth-order valence-corrected chi connectivity index (χ4v) is 2.64. The molecule has 0 spiro atoms. The Labute approximate surface area is 155 Å². The Morgan fingerprint density at radius 3 is 2.59 bits per heavy atom. The average Bonchev–Trinajstić information content (AvgIpc) is 2.70. The second-order valence-electron chi connectivity index (χ2n) is 5.84. The van der Waals surface area contributed by atoms with Crippen molar-refractivity contribution in [3.05, 3.63) is 76.3 Å². The zero-order valence-corrected chi connectivity index (χ0v) is 14.7. The Kier molecular flexibility index (Phi) is 5.51. The molecule has 0 aliphatic rings. The Morgan fingerprint density at radius 2 is 1.81 bits per heavy atom. The van der Waals surface area contributed by atoms with Crippen molar-refractivity contribution in [2.75, 3.05) is 13.7 Å². The van der Waals surface area contributed by atoms with Gasteiger partial charge in [0.1, 0.15) is 5.75 Å². The summed E-state index contributed by atoms with van der Waals surface area (Å²) in [5.74, 6) is 0.496. The van der Waals surface area contributed by atoms with E-state index in [1.54, 1.807) is 19.2 Å². The largest absolute Gasteiger partial charge is 0.497 e. The number of hydrogen-bond donors (Lipinski definition) is 1. The number of rotatable bonds is 7. The minimum absolute atomic E-state index is 0.0669. The van der Waals surface area contributed by atoms with Crippen LogP contribution in [0.4, 0.5) is 5.69 Å². The second kappa shape index (κ2) is 8.18. The van der Waals surface area contributed by atoms with Gasteiger partial charge in [-0.1, -0.05) is 30.3 Å². The van der Waals surface area contributed by atoms with E-state index in [1.807, 2.05) is 36.4 Å². The predicted molar refractivity (Wildman–Crippen MR) is 101 cm³/mol. The zero-order valence-electron chi connectivity index (χ0n) is 14.7. The standard InChI is InChI=1S/C20H18N2O5/c1-26-17-9-8-15-10-14(6-7-16(15)11-17)12-21-20(23)13-27-19-5-3-2-4-18(19)22(24)25/h2-11H,12-13H2,1H3,(H,21,23). The molecule has 0 saturated carbocycles. The first kappa shape index (κ1) is 18.2. The van der Waals surface area contributed by atoms with Gasteiger partial charge in [-0.2, -0.15) is 0 Å². The van der Waals surface area contributed by atoms with Crippen LogP contribution in [0.25, 0.3) is 10.8 Å². The van der Waals surface area contributed by atoms with Gasteiger partial charge in [-0.3, -0.25) is 14.9 Å². The highest BCUT2D eigenvalue weighted by atomic mass is 16.6. The van der Waals surface area contributed by atoms with Gasteiger partial charge < -0.3 is 14.8 Å². The molecular weight excluding hydrogens is 348 g/mol. The molecule has 3 rings (SSSR count). The first-order valence-corrected chi connectivity index (χ1v) is 8.26. The summed E-state index contributed by atoms with van der Waals surface area (Å²) in [5.41, 5.74) is 0.766. The molecule has 27 heavy (non-hydrogen) atoms. The van der Waals surface area contributed by atoms with Crippen LogP contribution in [0.5, 0.6) is 11.5 Å². The maximum atomic E-state index is 12.0. The number of amides is 1. The van der Waals surface area contributed by atoms with Gasteiger partial charge in [0.15, 0.2) is 12.4 Å². The highest BCUT2D eigenvalue weighted by molar-refractivity contribution is 5.84. The van der Waals surface area contributed by atoms with Crippen LogP contribution in [0.2, 0.25) is 0 Å². The van der Waals surface area contributed by atoms with E-state index in [0.29, 0.717) is 6.54 Å². The molecule has 0 aliphatic heterocycles. The van der Waals surface area contributed by atoms with E-state index >= 15 is 0 Å².